The van der Waals surface area contributed by atoms with Gasteiger partial charge >= 0.3 is 5.97 Å². The van der Waals surface area contributed by atoms with Crippen LogP contribution in [-0.4, -0.2) is 27.7 Å². The molecule has 0 saturated carbocycles. The summed E-state index contributed by atoms with van der Waals surface area (Å²) < 4.78 is 0. The molecule has 0 aliphatic carbocycles. The molecule has 0 saturated heterocycles. The molecule has 1 aliphatic rings. The van der Waals surface area contributed by atoms with E-state index in [1.54, 1.807) is 18.7 Å². The first-order valence-electron chi connectivity index (χ1n) is 7.67. The van der Waals surface area contributed by atoms with Gasteiger partial charge in [-0.25, -0.2) is 9.78 Å². The van der Waals surface area contributed by atoms with E-state index in [-0.39, 0.29) is 22.1 Å². The molecule has 2 atom stereocenters. The molecule has 1 aromatic heterocycles. The van der Waals surface area contributed by atoms with Gasteiger partial charge in [-0.3, -0.25) is 4.79 Å². The van der Waals surface area contributed by atoms with Crippen molar-refractivity contribution in [1.29, 1.82) is 0 Å². The van der Waals surface area contributed by atoms with Crippen molar-refractivity contribution in [3.05, 3.63) is 51.0 Å². The van der Waals surface area contributed by atoms with Crippen LogP contribution in [0, 0.1) is 6.92 Å². The zero-order chi connectivity index (χ0) is 17.3. The van der Waals surface area contributed by atoms with Crippen LogP contribution in [0.4, 0.5) is 0 Å². The van der Waals surface area contributed by atoms with Crippen molar-refractivity contribution < 1.29 is 14.7 Å². The minimum atomic E-state index is -0.980. The smallest absolute Gasteiger partial charge is 0.347 e. The van der Waals surface area contributed by atoms with Crippen molar-refractivity contribution in [1.82, 2.24) is 10.3 Å². The van der Waals surface area contributed by atoms with Crippen molar-refractivity contribution in [3.8, 4) is 0 Å². The summed E-state index contributed by atoms with van der Waals surface area (Å²) in [5.74, 6) is -0.112. The lowest BCUT2D eigenvalue weighted by Gasteiger charge is -2.25. The van der Waals surface area contributed by atoms with Crippen molar-refractivity contribution in [3.63, 3.8) is 0 Å². The molecule has 1 aliphatic heterocycles. The Morgan fingerprint density at radius 1 is 1.38 bits per heavy atom. The second-order valence-electron chi connectivity index (χ2n) is 5.70. The highest BCUT2D eigenvalue weighted by atomic mass is 32.2. The molecule has 2 unspecified atom stereocenters. The first kappa shape index (κ1) is 17.0. The molecule has 0 radical (unpaired) electrons. The number of nitrogens with one attached hydrogen (secondary N) is 1. The Morgan fingerprint density at radius 2 is 2.12 bits per heavy atom. The second-order valence-corrected chi connectivity index (χ2v) is 7.95. The Hall–Kier alpha value is -1.86. The summed E-state index contributed by atoms with van der Waals surface area (Å²) in [5.41, 5.74) is 2.78. The molecule has 2 N–H and O–H groups in total. The Balaban J connectivity index is 1.76. The van der Waals surface area contributed by atoms with Gasteiger partial charge in [0.1, 0.15) is 15.1 Å². The van der Waals surface area contributed by atoms with Gasteiger partial charge in [0.15, 0.2) is 0 Å². The second kappa shape index (κ2) is 6.94. The number of aryl methyl sites for hydroxylation is 2. The molecule has 1 amide bonds. The third-order valence-electron chi connectivity index (χ3n) is 3.97. The third kappa shape index (κ3) is 3.32. The van der Waals surface area contributed by atoms with E-state index in [2.05, 4.69) is 16.4 Å². The Morgan fingerprint density at radius 3 is 2.83 bits per heavy atom. The van der Waals surface area contributed by atoms with Gasteiger partial charge in [0, 0.05) is 0 Å². The molecule has 2 heterocycles. The standard InChI is InChI=1S/C17H18N2O3S2/c1-9-13(17(21)22)24-16(19-9)10(2)18-15(20)14-12-6-4-3-5-11(12)7-8-23-14/h3-6,10,14H,7-8H2,1-2H3,(H,18,20)(H,21,22). The van der Waals surface area contributed by atoms with Crippen LogP contribution >= 0.6 is 23.1 Å². The number of carbonyl (C=O) groups excluding carboxylic acids is 1. The molecule has 24 heavy (non-hydrogen) atoms. The summed E-state index contributed by atoms with van der Waals surface area (Å²) in [6.07, 6.45) is 0.980. The molecule has 0 spiro atoms. The van der Waals surface area contributed by atoms with Gasteiger partial charge in [0.2, 0.25) is 5.91 Å². The first-order chi connectivity index (χ1) is 11.5. The number of rotatable bonds is 4. The van der Waals surface area contributed by atoms with Gasteiger partial charge in [0.05, 0.1) is 11.7 Å². The van der Waals surface area contributed by atoms with Crippen LogP contribution in [0.5, 0.6) is 0 Å². The molecule has 0 fully saturated rings. The van der Waals surface area contributed by atoms with E-state index >= 15 is 0 Å². The number of thioether (sulfide) groups is 1. The Kier molecular flexibility index (Phi) is 4.91. The number of carboxylic acid groups (broad SMARTS) is 1. The maximum atomic E-state index is 12.7. The molecule has 2 aromatic rings. The minimum absolute atomic E-state index is 0.0515. The molecule has 126 valence electrons. The largest absolute Gasteiger partial charge is 0.477 e. The van der Waals surface area contributed by atoms with Gasteiger partial charge in [-0.1, -0.05) is 24.3 Å². The van der Waals surface area contributed by atoms with Gasteiger partial charge in [-0.15, -0.1) is 23.1 Å². The summed E-state index contributed by atoms with van der Waals surface area (Å²) in [7, 11) is 0. The number of hydrogen-bond donors (Lipinski definition) is 2. The SMILES string of the molecule is Cc1nc(C(C)NC(=O)C2SCCc3ccccc32)sc1C(=O)O. The number of aromatic nitrogens is 1. The number of thiazole rings is 1. The molecule has 5 nitrogen and oxygen atoms in total. The summed E-state index contributed by atoms with van der Waals surface area (Å²) in [6, 6.07) is 7.72. The summed E-state index contributed by atoms with van der Waals surface area (Å²) in [5, 5.41) is 12.5. The zero-order valence-electron chi connectivity index (χ0n) is 13.4. The normalized spacial score (nSPS) is 17.8. The topological polar surface area (TPSA) is 79.3 Å². The molecule has 0 bridgehead atoms. The predicted octanol–water partition coefficient (Wildman–Crippen LogP) is 3.36. The van der Waals surface area contributed by atoms with Crippen LogP contribution in [0.3, 0.4) is 0 Å². The van der Waals surface area contributed by atoms with Gasteiger partial charge in [-0.05, 0) is 37.1 Å². The number of benzene rings is 1. The average molecular weight is 362 g/mol. The Labute approximate surface area is 148 Å². The molecule has 7 heteroatoms. The van der Waals surface area contributed by atoms with E-state index < -0.39 is 5.97 Å². The number of hydrogen-bond acceptors (Lipinski definition) is 5. The fraction of sp³-hybridized carbons (Fsp3) is 0.353. The number of amides is 1. The van der Waals surface area contributed by atoms with E-state index in [9.17, 15) is 9.59 Å². The number of fused-ring (bicyclic) bond motifs is 1. The van der Waals surface area contributed by atoms with Gasteiger partial charge in [-0.2, -0.15) is 0 Å². The van der Waals surface area contributed by atoms with Crippen LogP contribution in [0.15, 0.2) is 24.3 Å². The van der Waals surface area contributed by atoms with E-state index in [0.717, 1.165) is 29.1 Å². The third-order valence-corrected chi connectivity index (χ3v) is 6.54. The molecule has 1 aromatic carbocycles. The van der Waals surface area contributed by atoms with Crippen LogP contribution in [0.25, 0.3) is 0 Å². The fourth-order valence-corrected chi connectivity index (χ4v) is 4.87. The maximum absolute atomic E-state index is 12.7. The fourth-order valence-electron chi connectivity index (χ4n) is 2.76. The zero-order valence-corrected chi connectivity index (χ0v) is 15.0. The van der Waals surface area contributed by atoms with Crippen molar-refractivity contribution >= 4 is 35.0 Å². The van der Waals surface area contributed by atoms with Crippen LogP contribution in [-0.2, 0) is 11.2 Å². The first-order valence-corrected chi connectivity index (χ1v) is 9.54. The van der Waals surface area contributed by atoms with Crippen molar-refractivity contribution in [2.45, 2.75) is 31.6 Å². The summed E-state index contributed by atoms with van der Waals surface area (Å²) >= 11 is 2.76. The highest BCUT2D eigenvalue weighted by molar-refractivity contribution is 8.00. The van der Waals surface area contributed by atoms with Crippen molar-refractivity contribution in [2.24, 2.45) is 0 Å². The minimum Gasteiger partial charge on any atom is -0.477 e. The van der Waals surface area contributed by atoms with Crippen LogP contribution in [0.1, 0.15) is 49.7 Å². The number of carboxylic acids is 1. The number of aromatic carboxylic acids is 1. The molecule has 3 rings (SSSR count). The van der Waals surface area contributed by atoms with Crippen LogP contribution < -0.4 is 5.32 Å². The van der Waals surface area contributed by atoms with Gasteiger partial charge < -0.3 is 10.4 Å². The van der Waals surface area contributed by atoms with E-state index in [1.807, 2.05) is 25.1 Å². The highest BCUT2D eigenvalue weighted by Crippen LogP contribution is 2.37. The predicted molar refractivity (Wildman–Crippen MR) is 95.7 cm³/mol. The molecular weight excluding hydrogens is 344 g/mol. The average Bonchev–Trinajstić information content (AvgIpc) is 2.96. The maximum Gasteiger partial charge on any atom is 0.347 e. The monoisotopic (exact) mass is 362 g/mol. The van der Waals surface area contributed by atoms with E-state index in [4.69, 9.17) is 5.11 Å². The lowest BCUT2D eigenvalue weighted by Crippen LogP contribution is -2.32. The summed E-state index contributed by atoms with van der Waals surface area (Å²) in [4.78, 5) is 28.4. The van der Waals surface area contributed by atoms with E-state index in [0.29, 0.717) is 10.7 Å². The lowest BCUT2D eigenvalue weighted by molar-refractivity contribution is -0.121. The summed E-state index contributed by atoms with van der Waals surface area (Å²) in [6.45, 7) is 3.51. The quantitative estimate of drug-likeness (QED) is 0.872. The number of carbonyl (C=O) groups is 2. The Bertz CT molecular complexity index is 788. The van der Waals surface area contributed by atoms with E-state index in [1.165, 1.54) is 5.56 Å². The van der Waals surface area contributed by atoms with Crippen molar-refractivity contribution in [2.75, 3.05) is 5.75 Å². The number of nitrogens with zero attached hydrogens (tertiary/aromatic N) is 1. The van der Waals surface area contributed by atoms with Crippen LogP contribution in [0.2, 0.25) is 0 Å². The lowest BCUT2D eigenvalue weighted by atomic mass is 10.0. The molecular formula is C17H18N2O3S2. The van der Waals surface area contributed by atoms with Gasteiger partial charge in [0.25, 0.3) is 0 Å². The highest BCUT2D eigenvalue weighted by Gasteiger charge is 2.28.